The van der Waals surface area contributed by atoms with Gasteiger partial charge < -0.3 is 14.6 Å². The molecule has 0 saturated carbocycles. The number of aromatic nitrogens is 2. The molecule has 5 rings (SSSR count). The minimum atomic E-state index is 0.775. The van der Waals surface area contributed by atoms with Crippen LogP contribution in [-0.4, -0.2) is 36.3 Å². The quantitative estimate of drug-likeness (QED) is 0.570. The van der Waals surface area contributed by atoms with Crippen LogP contribution in [0.2, 0.25) is 0 Å². The molecule has 1 N–H and O–H groups in total. The minimum absolute atomic E-state index is 0.775. The first-order valence-corrected chi connectivity index (χ1v) is 9.73. The highest BCUT2D eigenvalue weighted by molar-refractivity contribution is 7.14. The van der Waals surface area contributed by atoms with Gasteiger partial charge in [0.2, 0.25) is 0 Å². The molecule has 0 spiro atoms. The standard InChI is InChI=1S/C21H19N3OS/c1-2-6-15(7-3-1)20-19(16-8-4-5-9-17(16)22-20)18-14-26-21(23-18)24-10-12-25-13-11-24/h1-9,14,22H,10-13H2. The molecule has 1 aliphatic rings. The lowest BCUT2D eigenvalue weighted by atomic mass is 10.0. The molecule has 1 fully saturated rings. The predicted molar refractivity (Wildman–Crippen MR) is 108 cm³/mol. The van der Waals surface area contributed by atoms with Gasteiger partial charge in [-0.05, 0) is 11.6 Å². The Labute approximate surface area is 156 Å². The molecule has 2 aromatic heterocycles. The number of rotatable bonds is 3. The van der Waals surface area contributed by atoms with Crippen molar-refractivity contribution in [3.05, 3.63) is 60.0 Å². The zero-order chi connectivity index (χ0) is 17.3. The highest BCUT2D eigenvalue weighted by atomic mass is 32.1. The van der Waals surface area contributed by atoms with Gasteiger partial charge in [0, 0.05) is 34.9 Å². The van der Waals surface area contributed by atoms with Crippen LogP contribution >= 0.6 is 11.3 Å². The van der Waals surface area contributed by atoms with Crippen LogP contribution < -0.4 is 4.90 Å². The average Bonchev–Trinajstić information content (AvgIpc) is 3.34. The first-order valence-electron chi connectivity index (χ1n) is 8.85. The van der Waals surface area contributed by atoms with Crippen molar-refractivity contribution in [3.63, 3.8) is 0 Å². The summed E-state index contributed by atoms with van der Waals surface area (Å²) >= 11 is 1.71. The molecule has 3 heterocycles. The maximum Gasteiger partial charge on any atom is 0.186 e. The summed E-state index contributed by atoms with van der Waals surface area (Å²) in [5.41, 5.74) is 5.67. The number of fused-ring (bicyclic) bond motifs is 1. The minimum Gasteiger partial charge on any atom is -0.378 e. The van der Waals surface area contributed by atoms with Gasteiger partial charge in [0.25, 0.3) is 0 Å². The predicted octanol–water partition coefficient (Wildman–Crippen LogP) is 4.80. The molecular formula is C21H19N3OS. The van der Waals surface area contributed by atoms with Crippen molar-refractivity contribution in [1.82, 2.24) is 9.97 Å². The number of H-pyrrole nitrogens is 1. The highest BCUT2D eigenvalue weighted by Crippen LogP contribution is 2.39. The number of nitrogens with one attached hydrogen (secondary N) is 1. The number of aromatic amines is 1. The molecule has 0 radical (unpaired) electrons. The van der Waals surface area contributed by atoms with Crippen LogP contribution in [0.3, 0.4) is 0 Å². The molecule has 5 heteroatoms. The Balaban J connectivity index is 1.65. The molecule has 2 aromatic carbocycles. The largest absolute Gasteiger partial charge is 0.378 e. The van der Waals surface area contributed by atoms with Crippen molar-refractivity contribution in [2.45, 2.75) is 0 Å². The van der Waals surface area contributed by atoms with Crippen molar-refractivity contribution < 1.29 is 4.74 Å². The molecule has 1 aliphatic heterocycles. The number of anilines is 1. The van der Waals surface area contributed by atoms with Crippen LogP contribution in [0, 0.1) is 0 Å². The number of nitrogens with zero attached hydrogens (tertiary/aromatic N) is 2. The van der Waals surface area contributed by atoms with Crippen LogP contribution in [0.5, 0.6) is 0 Å². The molecular weight excluding hydrogens is 342 g/mol. The van der Waals surface area contributed by atoms with E-state index in [2.05, 4.69) is 63.8 Å². The maximum atomic E-state index is 5.47. The summed E-state index contributed by atoms with van der Waals surface area (Å²) < 4.78 is 5.47. The van der Waals surface area contributed by atoms with Gasteiger partial charge in [0.15, 0.2) is 5.13 Å². The van der Waals surface area contributed by atoms with Gasteiger partial charge in [-0.2, -0.15) is 0 Å². The van der Waals surface area contributed by atoms with Crippen LogP contribution in [0.1, 0.15) is 0 Å². The van der Waals surface area contributed by atoms with E-state index >= 15 is 0 Å². The monoisotopic (exact) mass is 361 g/mol. The summed E-state index contributed by atoms with van der Waals surface area (Å²) in [6.07, 6.45) is 0. The third-order valence-electron chi connectivity index (χ3n) is 4.80. The summed E-state index contributed by atoms with van der Waals surface area (Å²) in [5.74, 6) is 0. The molecule has 0 aliphatic carbocycles. The summed E-state index contributed by atoms with van der Waals surface area (Å²) in [5, 5.41) is 4.46. The number of benzene rings is 2. The van der Waals surface area contributed by atoms with Crippen molar-refractivity contribution in [2.24, 2.45) is 0 Å². The lowest BCUT2D eigenvalue weighted by Gasteiger charge is -2.26. The van der Waals surface area contributed by atoms with Gasteiger partial charge in [0.05, 0.1) is 24.6 Å². The fourth-order valence-corrected chi connectivity index (χ4v) is 4.38. The van der Waals surface area contributed by atoms with Crippen molar-refractivity contribution in [1.29, 1.82) is 0 Å². The summed E-state index contributed by atoms with van der Waals surface area (Å²) in [4.78, 5) is 10.9. The second-order valence-electron chi connectivity index (χ2n) is 6.40. The Morgan fingerprint density at radius 3 is 2.58 bits per heavy atom. The van der Waals surface area contributed by atoms with Crippen molar-refractivity contribution in [3.8, 4) is 22.5 Å². The van der Waals surface area contributed by atoms with Crippen molar-refractivity contribution in [2.75, 3.05) is 31.2 Å². The van der Waals surface area contributed by atoms with E-state index in [-0.39, 0.29) is 0 Å². The number of hydrogen-bond donors (Lipinski definition) is 1. The van der Waals surface area contributed by atoms with Crippen LogP contribution in [0.4, 0.5) is 5.13 Å². The van der Waals surface area contributed by atoms with Gasteiger partial charge in [-0.3, -0.25) is 0 Å². The number of hydrogen-bond acceptors (Lipinski definition) is 4. The van der Waals surface area contributed by atoms with E-state index in [0.717, 1.165) is 48.3 Å². The SMILES string of the molecule is c1ccc(-c2[nH]c3ccccc3c2-c2csc(N3CCOCC3)n2)cc1. The lowest BCUT2D eigenvalue weighted by molar-refractivity contribution is 0.122. The topological polar surface area (TPSA) is 41.2 Å². The molecule has 4 nitrogen and oxygen atoms in total. The average molecular weight is 361 g/mol. The second-order valence-corrected chi connectivity index (χ2v) is 7.24. The summed E-state index contributed by atoms with van der Waals surface area (Å²) in [6.45, 7) is 3.37. The van der Waals surface area contributed by atoms with Gasteiger partial charge >= 0.3 is 0 Å². The molecule has 1 saturated heterocycles. The second kappa shape index (κ2) is 6.59. The van der Waals surface area contributed by atoms with Gasteiger partial charge in [0.1, 0.15) is 0 Å². The maximum absolute atomic E-state index is 5.47. The Bertz CT molecular complexity index is 1030. The number of ether oxygens (including phenoxy) is 1. The lowest BCUT2D eigenvalue weighted by Crippen LogP contribution is -2.36. The highest BCUT2D eigenvalue weighted by Gasteiger charge is 2.20. The smallest absolute Gasteiger partial charge is 0.186 e. The zero-order valence-corrected chi connectivity index (χ0v) is 15.1. The van der Waals surface area contributed by atoms with Gasteiger partial charge in [-0.15, -0.1) is 11.3 Å². The van der Waals surface area contributed by atoms with E-state index in [1.165, 1.54) is 16.5 Å². The summed E-state index contributed by atoms with van der Waals surface area (Å²) in [6, 6.07) is 18.9. The molecule has 0 amide bonds. The molecule has 0 bridgehead atoms. The Morgan fingerprint density at radius 2 is 1.73 bits per heavy atom. The Kier molecular flexibility index (Phi) is 3.96. The zero-order valence-electron chi connectivity index (χ0n) is 14.3. The van der Waals surface area contributed by atoms with Crippen molar-refractivity contribution >= 4 is 27.4 Å². The molecule has 26 heavy (non-hydrogen) atoms. The molecule has 0 atom stereocenters. The van der Waals surface area contributed by atoms with Gasteiger partial charge in [-0.1, -0.05) is 48.5 Å². The number of morpholine rings is 1. The van der Waals surface area contributed by atoms with Crippen LogP contribution in [0.15, 0.2) is 60.0 Å². The third kappa shape index (κ3) is 2.69. The molecule has 0 unspecified atom stereocenters. The summed E-state index contributed by atoms with van der Waals surface area (Å²) in [7, 11) is 0. The fourth-order valence-electron chi connectivity index (χ4n) is 3.51. The molecule has 4 aromatic rings. The number of para-hydroxylation sites is 1. The van der Waals surface area contributed by atoms with E-state index in [9.17, 15) is 0 Å². The van der Waals surface area contributed by atoms with Crippen LogP contribution in [-0.2, 0) is 4.74 Å². The third-order valence-corrected chi connectivity index (χ3v) is 5.70. The first kappa shape index (κ1) is 15.6. The van der Waals surface area contributed by atoms with E-state index in [1.54, 1.807) is 11.3 Å². The normalized spacial score (nSPS) is 14.8. The van der Waals surface area contributed by atoms with E-state index in [1.807, 2.05) is 6.07 Å². The van der Waals surface area contributed by atoms with E-state index in [0.29, 0.717) is 0 Å². The number of thiazole rings is 1. The fraction of sp³-hybridized carbons (Fsp3) is 0.190. The molecule has 130 valence electrons. The first-order chi connectivity index (χ1) is 12.9. The van der Waals surface area contributed by atoms with Gasteiger partial charge in [-0.25, -0.2) is 4.98 Å². The Hall–Kier alpha value is -2.63. The Morgan fingerprint density at radius 1 is 0.962 bits per heavy atom. The van der Waals surface area contributed by atoms with E-state index in [4.69, 9.17) is 9.72 Å². The van der Waals surface area contributed by atoms with E-state index < -0.39 is 0 Å². The van der Waals surface area contributed by atoms with Crippen LogP contribution in [0.25, 0.3) is 33.4 Å².